The van der Waals surface area contributed by atoms with Gasteiger partial charge in [-0.1, -0.05) is 6.07 Å². The summed E-state index contributed by atoms with van der Waals surface area (Å²) in [7, 11) is 0. The summed E-state index contributed by atoms with van der Waals surface area (Å²) < 4.78 is 10.8. The molecule has 0 unspecified atom stereocenters. The molecule has 1 fully saturated rings. The number of fused-ring (bicyclic) bond motifs is 1. The Morgan fingerprint density at radius 3 is 2.62 bits per heavy atom. The van der Waals surface area contributed by atoms with Gasteiger partial charge < -0.3 is 19.5 Å². The second-order valence-corrected chi connectivity index (χ2v) is 6.20. The molecule has 0 saturated carbocycles. The molecule has 2 heterocycles. The molecule has 0 bridgehead atoms. The van der Waals surface area contributed by atoms with Crippen LogP contribution in [0.3, 0.4) is 0 Å². The van der Waals surface area contributed by atoms with Crippen molar-refractivity contribution in [3.05, 3.63) is 41.5 Å². The number of carbonyl (C=O) groups excluding carboxylic acids is 1. The second kappa shape index (κ2) is 5.74. The lowest BCUT2D eigenvalue weighted by molar-refractivity contribution is 0.0793. The summed E-state index contributed by atoms with van der Waals surface area (Å²) in [6.07, 6.45) is 2.09. The lowest BCUT2D eigenvalue weighted by Gasteiger charge is -2.20. The molecule has 1 saturated heterocycles. The minimum Gasteiger partial charge on any atom is -0.508 e. The number of hydrogen-bond acceptors (Lipinski definition) is 4. The number of phenols is 1. The van der Waals surface area contributed by atoms with E-state index >= 15 is 0 Å². The molecule has 0 aromatic heterocycles. The number of aromatic hydroxyl groups is 1. The Balaban J connectivity index is 1.84. The van der Waals surface area contributed by atoms with Gasteiger partial charge in [0.05, 0.1) is 0 Å². The molecule has 5 nitrogen and oxygen atoms in total. The molecule has 2 aliphatic rings. The summed E-state index contributed by atoms with van der Waals surface area (Å²) >= 11 is 0. The van der Waals surface area contributed by atoms with Crippen molar-refractivity contribution in [1.82, 2.24) is 4.90 Å². The fraction of sp³-hybridized carbons (Fsp3) is 0.316. The molecular weight excluding hydrogens is 306 g/mol. The molecule has 0 radical (unpaired) electrons. The van der Waals surface area contributed by atoms with Gasteiger partial charge in [-0.05, 0) is 55.2 Å². The van der Waals surface area contributed by atoms with E-state index in [1.54, 1.807) is 12.1 Å². The van der Waals surface area contributed by atoms with E-state index in [2.05, 4.69) is 0 Å². The highest BCUT2D eigenvalue weighted by Gasteiger charge is 2.25. The Morgan fingerprint density at radius 1 is 1.08 bits per heavy atom. The Bertz CT molecular complexity index is 809. The Kier molecular flexibility index (Phi) is 3.56. The number of rotatable bonds is 2. The maximum atomic E-state index is 12.9. The van der Waals surface area contributed by atoms with Crippen molar-refractivity contribution in [3.8, 4) is 28.4 Å². The topological polar surface area (TPSA) is 59.0 Å². The van der Waals surface area contributed by atoms with Gasteiger partial charge in [-0.3, -0.25) is 4.79 Å². The van der Waals surface area contributed by atoms with E-state index in [4.69, 9.17) is 9.47 Å². The Labute approximate surface area is 140 Å². The van der Waals surface area contributed by atoms with E-state index in [1.807, 2.05) is 30.0 Å². The van der Waals surface area contributed by atoms with Gasteiger partial charge >= 0.3 is 0 Å². The zero-order valence-corrected chi connectivity index (χ0v) is 13.5. The minimum atomic E-state index is 0.0169. The van der Waals surface area contributed by atoms with Crippen molar-refractivity contribution < 1.29 is 19.4 Å². The van der Waals surface area contributed by atoms with E-state index in [1.165, 1.54) is 0 Å². The fourth-order valence-corrected chi connectivity index (χ4v) is 3.39. The quantitative estimate of drug-likeness (QED) is 0.920. The molecule has 2 aliphatic heterocycles. The predicted molar refractivity (Wildman–Crippen MR) is 89.5 cm³/mol. The highest BCUT2D eigenvalue weighted by atomic mass is 16.7. The van der Waals surface area contributed by atoms with Gasteiger partial charge in [0, 0.05) is 24.2 Å². The van der Waals surface area contributed by atoms with Crippen LogP contribution in [0.5, 0.6) is 17.2 Å². The average molecular weight is 325 g/mol. The standard InChI is InChI=1S/C19H19NO4/c1-12-15(21)6-5-14(19(22)20-8-2-3-9-20)18(12)13-4-7-16-17(10-13)24-11-23-16/h4-7,10,21H,2-3,8-9,11H2,1H3. The molecular formula is C19H19NO4. The van der Waals surface area contributed by atoms with Crippen LogP contribution in [0.15, 0.2) is 30.3 Å². The van der Waals surface area contributed by atoms with Crippen LogP contribution in [-0.2, 0) is 0 Å². The molecule has 4 rings (SSSR count). The number of hydrogen-bond donors (Lipinski definition) is 1. The summed E-state index contributed by atoms with van der Waals surface area (Å²) in [6.45, 7) is 3.62. The van der Waals surface area contributed by atoms with Gasteiger partial charge in [0.15, 0.2) is 11.5 Å². The maximum absolute atomic E-state index is 12.9. The number of likely N-dealkylation sites (tertiary alicyclic amines) is 1. The van der Waals surface area contributed by atoms with Crippen molar-refractivity contribution in [1.29, 1.82) is 0 Å². The zero-order valence-electron chi connectivity index (χ0n) is 13.5. The summed E-state index contributed by atoms with van der Waals surface area (Å²) in [5.41, 5.74) is 2.91. The third-order valence-electron chi connectivity index (χ3n) is 4.72. The molecule has 124 valence electrons. The van der Waals surface area contributed by atoms with Gasteiger partial charge in [0.1, 0.15) is 5.75 Å². The number of nitrogens with zero attached hydrogens (tertiary/aromatic N) is 1. The number of amides is 1. The van der Waals surface area contributed by atoms with Crippen LogP contribution in [0.2, 0.25) is 0 Å². The van der Waals surface area contributed by atoms with Crippen molar-refractivity contribution in [2.75, 3.05) is 19.9 Å². The minimum absolute atomic E-state index is 0.0169. The Morgan fingerprint density at radius 2 is 1.83 bits per heavy atom. The van der Waals surface area contributed by atoms with Crippen LogP contribution in [0.1, 0.15) is 28.8 Å². The average Bonchev–Trinajstić information content (AvgIpc) is 3.27. The van der Waals surface area contributed by atoms with Crippen LogP contribution in [-0.4, -0.2) is 35.8 Å². The van der Waals surface area contributed by atoms with E-state index in [9.17, 15) is 9.90 Å². The monoisotopic (exact) mass is 325 g/mol. The predicted octanol–water partition coefficient (Wildman–Crippen LogP) is 3.33. The third kappa shape index (κ3) is 2.37. The van der Waals surface area contributed by atoms with E-state index in [0.717, 1.165) is 37.1 Å². The number of carbonyl (C=O) groups is 1. The molecule has 2 aromatic rings. The molecule has 1 amide bonds. The van der Waals surface area contributed by atoms with E-state index in [0.29, 0.717) is 22.6 Å². The van der Waals surface area contributed by atoms with E-state index in [-0.39, 0.29) is 18.4 Å². The van der Waals surface area contributed by atoms with Gasteiger partial charge in [-0.25, -0.2) is 0 Å². The lowest BCUT2D eigenvalue weighted by atomic mass is 9.93. The molecule has 1 N–H and O–H groups in total. The molecule has 0 spiro atoms. The normalized spacial score (nSPS) is 15.8. The van der Waals surface area contributed by atoms with Crippen LogP contribution < -0.4 is 9.47 Å². The van der Waals surface area contributed by atoms with Crippen molar-refractivity contribution in [3.63, 3.8) is 0 Å². The van der Waals surface area contributed by atoms with Crippen LogP contribution in [0, 0.1) is 6.92 Å². The molecule has 0 atom stereocenters. The summed E-state index contributed by atoms with van der Waals surface area (Å²) in [6, 6.07) is 8.91. The highest BCUT2D eigenvalue weighted by molar-refractivity contribution is 6.02. The molecule has 0 aliphatic carbocycles. The third-order valence-corrected chi connectivity index (χ3v) is 4.72. The maximum Gasteiger partial charge on any atom is 0.254 e. The van der Waals surface area contributed by atoms with E-state index < -0.39 is 0 Å². The first-order chi connectivity index (χ1) is 11.6. The SMILES string of the molecule is Cc1c(O)ccc(C(=O)N2CCCC2)c1-c1ccc2c(c1)OCO2. The first-order valence-electron chi connectivity index (χ1n) is 8.17. The van der Waals surface area contributed by atoms with Gasteiger partial charge in [-0.15, -0.1) is 0 Å². The van der Waals surface area contributed by atoms with Crippen LogP contribution >= 0.6 is 0 Å². The summed E-state index contributed by atoms with van der Waals surface area (Å²) in [5.74, 6) is 1.56. The highest BCUT2D eigenvalue weighted by Crippen LogP contribution is 2.40. The number of ether oxygens (including phenoxy) is 2. The largest absolute Gasteiger partial charge is 0.508 e. The summed E-state index contributed by atoms with van der Waals surface area (Å²) in [4.78, 5) is 14.8. The first-order valence-corrected chi connectivity index (χ1v) is 8.17. The number of phenolic OH excluding ortho intramolecular Hbond substituents is 1. The smallest absolute Gasteiger partial charge is 0.254 e. The zero-order chi connectivity index (χ0) is 16.7. The molecule has 24 heavy (non-hydrogen) atoms. The van der Waals surface area contributed by atoms with Gasteiger partial charge in [0.2, 0.25) is 6.79 Å². The van der Waals surface area contributed by atoms with Gasteiger partial charge in [0.25, 0.3) is 5.91 Å². The Hall–Kier alpha value is -2.69. The van der Waals surface area contributed by atoms with Crippen LogP contribution in [0.4, 0.5) is 0 Å². The molecule has 2 aromatic carbocycles. The first kappa shape index (κ1) is 14.9. The van der Waals surface area contributed by atoms with Crippen molar-refractivity contribution in [2.24, 2.45) is 0 Å². The summed E-state index contributed by atoms with van der Waals surface area (Å²) in [5, 5.41) is 10.1. The molecule has 5 heteroatoms. The lowest BCUT2D eigenvalue weighted by Crippen LogP contribution is -2.28. The van der Waals surface area contributed by atoms with Gasteiger partial charge in [-0.2, -0.15) is 0 Å². The number of benzene rings is 2. The fourth-order valence-electron chi connectivity index (χ4n) is 3.39. The van der Waals surface area contributed by atoms with Crippen molar-refractivity contribution in [2.45, 2.75) is 19.8 Å². The second-order valence-electron chi connectivity index (χ2n) is 6.20. The van der Waals surface area contributed by atoms with Crippen molar-refractivity contribution >= 4 is 5.91 Å². The van der Waals surface area contributed by atoms with Crippen LogP contribution in [0.25, 0.3) is 11.1 Å².